The normalized spacial score (nSPS) is 12.2. The Hall–Kier alpha value is -1.58. The quantitative estimate of drug-likeness (QED) is 0.724. The van der Waals surface area contributed by atoms with Crippen molar-refractivity contribution in [2.45, 2.75) is 45.6 Å². The van der Waals surface area contributed by atoms with Crippen molar-refractivity contribution >= 4 is 11.7 Å². The lowest BCUT2D eigenvalue weighted by Crippen LogP contribution is -2.18. The number of hydrogen-bond donors (Lipinski definition) is 2. The average molecular weight is 253 g/mol. The van der Waals surface area contributed by atoms with Crippen LogP contribution >= 0.6 is 0 Å². The summed E-state index contributed by atoms with van der Waals surface area (Å²) in [6.45, 7) is 4.11. The number of carboxylic acids is 1. The van der Waals surface area contributed by atoms with Gasteiger partial charge in [0, 0.05) is 6.04 Å². The smallest absolute Gasteiger partial charge is 0.340 e. The van der Waals surface area contributed by atoms with E-state index in [2.05, 4.69) is 12.2 Å². The lowest BCUT2D eigenvalue weighted by atomic mass is 10.1. The third-order valence-corrected chi connectivity index (χ3v) is 2.87. The first-order chi connectivity index (χ1) is 8.56. The van der Waals surface area contributed by atoms with Gasteiger partial charge < -0.3 is 10.4 Å². The molecule has 0 saturated heterocycles. The molecule has 0 amide bonds. The molecule has 1 rings (SSSR count). The second kappa shape index (κ2) is 6.99. The predicted octanol–water partition coefficient (Wildman–Crippen LogP) is 3.90. The molecule has 0 heterocycles. The summed E-state index contributed by atoms with van der Waals surface area (Å²) in [5.74, 6) is -1.94. The first kappa shape index (κ1) is 14.5. The second-order valence-electron chi connectivity index (χ2n) is 4.51. The van der Waals surface area contributed by atoms with E-state index in [9.17, 15) is 9.18 Å². The molecule has 0 saturated carbocycles. The van der Waals surface area contributed by atoms with E-state index in [0.717, 1.165) is 31.7 Å². The Morgan fingerprint density at radius 1 is 1.44 bits per heavy atom. The highest BCUT2D eigenvalue weighted by Gasteiger charge is 2.16. The topological polar surface area (TPSA) is 49.3 Å². The standard InChI is InChI=1S/C14H20FNO2/c1-3-4-5-7-10(2)16-12-9-6-8-11(15)13(12)14(17)18/h6,8-10,16H,3-5,7H2,1-2H3,(H,17,18). The Balaban J connectivity index is 2.72. The van der Waals surface area contributed by atoms with Crippen molar-refractivity contribution in [1.29, 1.82) is 0 Å². The predicted molar refractivity (Wildman–Crippen MR) is 70.6 cm³/mol. The number of unbranched alkanes of at least 4 members (excludes halogenated alkanes) is 2. The summed E-state index contributed by atoms with van der Waals surface area (Å²) in [4.78, 5) is 11.0. The van der Waals surface area contributed by atoms with Crippen LogP contribution in [0.15, 0.2) is 18.2 Å². The average Bonchev–Trinajstić information content (AvgIpc) is 2.28. The van der Waals surface area contributed by atoms with Crippen LogP contribution in [0.5, 0.6) is 0 Å². The summed E-state index contributed by atoms with van der Waals surface area (Å²) >= 11 is 0. The number of anilines is 1. The minimum atomic E-state index is -1.24. The molecular formula is C14H20FNO2. The molecule has 1 aromatic rings. The van der Waals surface area contributed by atoms with Crippen molar-refractivity contribution in [2.24, 2.45) is 0 Å². The zero-order valence-corrected chi connectivity index (χ0v) is 10.9. The zero-order chi connectivity index (χ0) is 13.5. The van der Waals surface area contributed by atoms with Crippen LogP contribution in [0.25, 0.3) is 0 Å². The van der Waals surface area contributed by atoms with Gasteiger partial charge in [0.2, 0.25) is 0 Å². The van der Waals surface area contributed by atoms with Crippen molar-refractivity contribution < 1.29 is 14.3 Å². The van der Waals surface area contributed by atoms with Gasteiger partial charge in [0.15, 0.2) is 0 Å². The molecule has 0 radical (unpaired) electrons. The van der Waals surface area contributed by atoms with Gasteiger partial charge >= 0.3 is 5.97 Å². The molecule has 0 aromatic heterocycles. The van der Waals surface area contributed by atoms with Gasteiger partial charge in [0.25, 0.3) is 0 Å². The van der Waals surface area contributed by atoms with Crippen molar-refractivity contribution in [3.63, 3.8) is 0 Å². The van der Waals surface area contributed by atoms with Gasteiger partial charge in [-0.05, 0) is 25.5 Å². The van der Waals surface area contributed by atoms with Gasteiger partial charge in [-0.3, -0.25) is 0 Å². The third kappa shape index (κ3) is 4.02. The van der Waals surface area contributed by atoms with Crippen LogP contribution in [0.2, 0.25) is 0 Å². The summed E-state index contributed by atoms with van der Waals surface area (Å²) in [5.41, 5.74) is 0.0753. The van der Waals surface area contributed by atoms with Crippen LogP contribution in [0.4, 0.5) is 10.1 Å². The molecule has 1 unspecified atom stereocenters. The number of hydrogen-bond acceptors (Lipinski definition) is 2. The fourth-order valence-electron chi connectivity index (χ4n) is 1.90. The first-order valence-electron chi connectivity index (χ1n) is 6.34. The Labute approximate surface area is 107 Å². The summed E-state index contributed by atoms with van der Waals surface area (Å²) in [6.07, 6.45) is 4.33. The second-order valence-corrected chi connectivity index (χ2v) is 4.51. The molecule has 100 valence electrons. The fraction of sp³-hybridized carbons (Fsp3) is 0.500. The van der Waals surface area contributed by atoms with Crippen molar-refractivity contribution in [3.8, 4) is 0 Å². The molecular weight excluding hydrogens is 233 g/mol. The molecule has 1 aromatic carbocycles. The molecule has 0 fully saturated rings. The van der Waals surface area contributed by atoms with E-state index in [1.165, 1.54) is 6.07 Å². The van der Waals surface area contributed by atoms with Crippen LogP contribution < -0.4 is 5.32 Å². The summed E-state index contributed by atoms with van der Waals surface area (Å²) in [5, 5.41) is 12.1. The molecule has 3 nitrogen and oxygen atoms in total. The van der Waals surface area contributed by atoms with Gasteiger partial charge in [-0.25, -0.2) is 9.18 Å². The number of halogens is 1. The van der Waals surface area contributed by atoms with Gasteiger partial charge in [-0.1, -0.05) is 32.3 Å². The van der Waals surface area contributed by atoms with Crippen molar-refractivity contribution in [1.82, 2.24) is 0 Å². The third-order valence-electron chi connectivity index (χ3n) is 2.87. The van der Waals surface area contributed by atoms with Gasteiger partial charge in [-0.15, -0.1) is 0 Å². The van der Waals surface area contributed by atoms with Crippen LogP contribution in [0.3, 0.4) is 0 Å². The van der Waals surface area contributed by atoms with E-state index in [4.69, 9.17) is 5.11 Å². The molecule has 2 N–H and O–H groups in total. The minimum Gasteiger partial charge on any atom is -0.478 e. The van der Waals surface area contributed by atoms with Gasteiger partial charge in [0.1, 0.15) is 11.4 Å². The number of nitrogens with one attached hydrogen (secondary N) is 1. The summed E-state index contributed by atoms with van der Waals surface area (Å²) in [6, 6.07) is 4.42. The van der Waals surface area contributed by atoms with Gasteiger partial charge in [-0.2, -0.15) is 0 Å². The van der Waals surface area contributed by atoms with Crippen molar-refractivity contribution in [2.75, 3.05) is 5.32 Å². The van der Waals surface area contributed by atoms with E-state index in [1.54, 1.807) is 6.07 Å². The number of carbonyl (C=O) groups is 1. The molecule has 0 bridgehead atoms. The molecule has 0 aliphatic heterocycles. The van der Waals surface area contributed by atoms with Crippen LogP contribution in [0, 0.1) is 5.82 Å². The minimum absolute atomic E-state index is 0.136. The number of aromatic carboxylic acids is 1. The first-order valence-corrected chi connectivity index (χ1v) is 6.34. The Bertz CT molecular complexity index is 407. The lowest BCUT2D eigenvalue weighted by molar-refractivity contribution is 0.0693. The number of rotatable bonds is 7. The molecule has 0 aliphatic rings. The van der Waals surface area contributed by atoms with E-state index in [1.807, 2.05) is 6.92 Å². The zero-order valence-electron chi connectivity index (χ0n) is 10.9. The largest absolute Gasteiger partial charge is 0.478 e. The fourth-order valence-corrected chi connectivity index (χ4v) is 1.90. The lowest BCUT2D eigenvalue weighted by Gasteiger charge is -2.17. The number of carboxylic acid groups (broad SMARTS) is 1. The maximum absolute atomic E-state index is 13.4. The molecule has 4 heteroatoms. The number of benzene rings is 1. The van der Waals surface area contributed by atoms with E-state index >= 15 is 0 Å². The highest BCUT2D eigenvalue weighted by atomic mass is 19.1. The Morgan fingerprint density at radius 2 is 2.17 bits per heavy atom. The van der Waals surface area contributed by atoms with E-state index in [-0.39, 0.29) is 11.6 Å². The maximum atomic E-state index is 13.4. The Kier molecular flexibility index (Phi) is 5.62. The Morgan fingerprint density at radius 3 is 2.78 bits per heavy atom. The van der Waals surface area contributed by atoms with Crippen LogP contribution in [-0.4, -0.2) is 17.1 Å². The highest BCUT2D eigenvalue weighted by Crippen LogP contribution is 2.20. The van der Waals surface area contributed by atoms with E-state index < -0.39 is 11.8 Å². The van der Waals surface area contributed by atoms with Crippen LogP contribution in [-0.2, 0) is 0 Å². The molecule has 0 aliphatic carbocycles. The molecule has 18 heavy (non-hydrogen) atoms. The maximum Gasteiger partial charge on any atom is 0.340 e. The molecule has 0 spiro atoms. The highest BCUT2D eigenvalue weighted by molar-refractivity contribution is 5.94. The molecule has 1 atom stereocenters. The summed E-state index contributed by atoms with van der Waals surface area (Å²) in [7, 11) is 0. The van der Waals surface area contributed by atoms with Gasteiger partial charge in [0.05, 0.1) is 5.69 Å². The van der Waals surface area contributed by atoms with Crippen LogP contribution in [0.1, 0.15) is 49.9 Å². The van der Waals surface area contributed by atoms with Crippen molar-refractivity contribution in [3.05, 3.63) is 29.6 Å². The SMILES string of the molecule is CCCCCC(C)Nc1cccc(F)c1C(=O)O. The monoisotopic (exact) mass is 253 g/mol. The summed E-state index contributed by atoms with van der Waals surface area (Å²) < 4.78 is 13.4. The van der Waals surface area contributed by atoms with E-state index in [0.29, 0.717) is 5.69 Å².